The maximum Gasteiger partial charge on any atom is 0.282 e. The summed E-state index contributed by atoms with van der Waals surface area (Å²) in [7, 11) is -2.69. The summed E-state index contributed by atoms with van der Waals surface area (Å²) in [6, 6.07) is 9.30. The Bertz CT molecular complexity index is 1220. The third-order valence-electron chi connectivity index (χ3n) is 6.59. The topological polar surface area (TPSA) is 98.6 Å². The van der Waals surface area contributed by atoms with Crippen molar-refractivity contribution in [3.8, 4) is 0 Å². The van der Waals surface area contributed by atoms with E-state index in [0.29, 0.717) is 18.7 Å². The Labute approximate surface area is 216 Å². The van der Waals surface area contributed by atoms with Gasteiger partial charge in [0.05, 0.1) is 0 Å². The number of amides is 2. The molecule has 2 atom stereocenters. The molecule has 0 spiro atoms. The van der Waals surface area contributed by atoms with Crippen molar-refractivity contribution < 1.29 is 22.4 Å². The second-order valence-electron chi connectivity index (χ2n) is 9.19. The maximum absolute atomic E-state index is 14.1. The molecule has 1 aliphatic heterocycles. The van der Waals surface area contributed by atoms with Crippen LogP contribution in [0.1, 0.15) is 55.3 Å². The molecule has 2 aromatic carbocycles. The summed E-state index contributed by atoms with van der Waals surface area (Å²) in [5, 5.41) is 6.01. The Kier molecular flexibility index (Phi) is 8.29. The van der Waals surface area contributed by atoms with Crippen LogP contribution in [-0.4, -0.2) is 55.0 Å². The smallest absolute Gasteiger partial charge is 0.282 e. The van der Waals surface area contributed by atoms with E-state index in [2.05, 4.69) is 10.6 Å². The molecule has 0 bridgehead atoms. The van der Waals surface area contributed by atoms with Gasteiger partial charge in [0.25, 0.3) is 10.2 Å². The average molecular weight is 537 g/mol. The minimum absolute atomic E-state index is 0.0159. The Morgan fingerprint density at radius 3 is 2.39 bits per heavy atom. The second kappa shape index (κ2) is 11.2. The number of carbonyl (C=O) groups excluding carboxylic acids is 2. The summed E-state index contributed by atoms with van der Waals surface area (Å²) < 4.78 is 42.2. The van der Waals surface area contributed by atoms with Gasteiger partial charge >= 0.3 is 0 Å². The minimum atomic E-state index is -3.97. The minimum Gasteiger partial charge on any atom is -0.351 e. The molecule has 2 unspecified atom stereocenters. The van der Waals surface area contributed by atoms with Crippen molar-refractivity contribution in [1.82, 2.24) is 19.2 Å². The standard InChI is InChI=1S/C25H30ClFN4O4S/c1-30(36(34,35)31-14-15-31)23(17-8-7-9-18(27)16-17)25(33)29-22(20-12-5-6-13-21(20)26)24(32)28-19-10-3-2-4-11-19/h5-9,12-13,16,19,22-23H,2-4,10-11,14-15H2,1H3,(H,28,32)(H,29,33). The van der Waals surface area contributed by atoms with E-state index in [4.69, 9.17) is 11.6 Å². The average Bonchev–Trinajstić information content (AvgIpc) is 3.70. The molecule has 8 nitrogen and oxygen atoms in total. The quantitative estimate of drug-likeness (QED) is 0.480. The van der Waals surface area contributed by atoms with E-state index in [1.165, 1.54) is 29.6 Å². The molecule has 194 valence electrons. The van der Waals surface area contributed by atoms with Gasteiger partial charge < -0.3 is 10.6 Å². The summed E-state index contributed by atoms with van der Waals surface area (Å²) >= 11 is 6.40. The number of benzene rings is 2. The zero-order valence-electron chi connectivity index (χ0n) is 20.0. The summed E-state index contributed by atoms with van der Waals surface area (Å²) in [6.45, 7) is 0.687. The van der Waals surface area contributed by atoms with Gasteiger partial charge in [-0.3, -0.25) is 9.59 Å². The van der Waals surface area contributed by atoms with E-state index in [1.54, 1.807) is 24.3 Å². The largest absolute Gasteiger partial charge is 0.351 e. The number of nitrogens with one attached hydrogen (secondary N) is 2. The molecular formula is C25H30ClFN4O4S. The summed E-state index contributed by atoms with van der Waals surface area (Å²) in [6.07, 6.45) is 4.82. The molecule has 11 heteroatoms. The van der Waals surface area contributed by atoms with Gasteiger partial charge in [-0.1, -0.05) is 61.2 Å². The lowest BCUT2D eigenvalue weighted by molar-refractivity contribution is -0.131. The highest BCUT2D eigenvalue weighted by Gasteiger charge is 2.42. The molecular weight excluding hydrogens is 507 g/mol. The Hall–Kier alpha value is -2.53. The van der Waals surface area contributed by atoms with Crippen molar-refractivity contribution >= 4 is 33.6 Å². The molecule has 36 heavy (non-hydrogen) atoms. The molecule has 2 aromatic rings. The van der Waals surface area contributed by atoms with Gasteiger partial charge in [-0.25, -0.2) is 4.39 Å². The van der Waals surface area contributed by atoms with E-state index < -0.39 is 39.9 Å². The molecule has 2 fully saturated rings. The fourth-order valence-corrected chi connectivity index (χ4v) is 6.17. The lowest BCUT2D eigenvalue weighted by Gasteiger charge is -2.30. The number of likely N-dealkylation sites (N-methyl/N-ethyl adjacent to an activating group) is 1. The molecule has 2 N–H and O–H groups in total. The van der Waals surface area contributed by atoms with Crippen LogP contribution in [-0.2, 0) is 19.8 Å². The zero-order valence-corrected chi connectivity index (χ0v) is 21.6. The second-order valence-corrected chi connectivity index (χ2v) is 11.6. The summed E-state index contributed by atoms with van der Waals surface area (Å²) in [5.41, 5.74) is 0.529. The van der Waals surface area contributed by atoms with Crippen molar-refractivity contribution in [2.24, 2.45) is 0 Å². The van der Waals surface area contributed by atoms with Gasteiger partial charge in [-0.15, -0.1) is 0 Å². The van der Waals surface area contributed by atoms with E-state index in [0.717, 1.165) is 42.5 Å². The van der Waals surface area contributed by atoms with Crippen molar-refractivity contribution in [3.63, 3.8) is 0 Å². The first-order chi connectivity index (χ1) is 17.2. The molecule has 0 aromatic heterocycles. The van der Waals surface area contributed by atoms with E-state index >= 15 is 0 Å². The third-order valence-corrected chi connectivity index (χ3v) is 8.89. The first-order valence-electron chi connectivity index (χ1n) is 12.0. The van der Waals surface area contributed by atoms with Crippen LogP contribution in [0.25, 0.3) is 0 Å². The van der Waals surface area contributed by atoms with Gasteiger partial charge in [0.1, 0.15) is 17.9 Å². The predicted octanol–water partition coefficient (Wildman–Crippen LogP) is 3.32. The van der Waals surface area contributed by atoms with Crippen LogP contribution in [0, 0.1) is 5.82 Å². The number of carbonyl (C=O) groups is 2. The van der Waals surface area contributed by atoms with Crippen molar-refractivity contribution in [2.45, 2.75) is 50.2 Å². The summed E-state index contributed by atoms with van der Waals surface area (Å²) in [4.78, 5) is 27.1. The first kappa shape index (κ1) is 26.5. The van der Waals surface area contributed by atoms with E-state index in [1.807, 2.05) is 0 Å². The fourth-order valence-electron chi connectivity index (χ4n) is 4.54. The number of hydrogen-bond donors (Lipinski definition) is 2. The fraction of sp³-hybridized carbons (Fsp3) is 0.440. The van der Waals surface area contributed by atoms with Crippen LogP contribution in [0.15, 0.2) is 48.5 Å². The van der Waals surface area contributed by atoms with Crippen LogP contribution in [0.4, 0.5) is 4.39 Å². The molecule has 0 radical (unpaired) electrons. The van der Waals surface area contributed by atoms with E-state index in [9.17, 15) is 22.4 Å². The van der Waals surface area contributed by atoms with Crippen molar-refractivity contribution in [3.05, 3.63) is 70.5 Å². The lowest BCUT2D eigenvalue weighted by Crippen LogP contribution is -2.49. The Balaban J connectivity index is 1.66. The van der Waals surface area contributed by atoms with Crippen LogP contribution >= 0.6 is 11.6 Å². The number of rotatable bonds is 9. The number of nitrogens with zero attached hydrogens (tertiary/aromatic N) is 2. The summed E-state index contributed by atoms with van der Waals surface area (Å²) in [5.74, 6) is -1.81. The van der Waals surface area contributed by atoms with Crippen LogP contribution in [0.3, 0.4) is 0 Å². The van der Waals surface area contributed by atoms with Crippen LogP contribution in [0.5, 0.6) is 0 Å². The van der Waals surface area contributed by atoms with Gasteiger partial charge in [0.2, 0.25) is 11.8 Å². The molecule has 1 saturated carbocycles. The number of halogens is 2. The molecule has 1 heterocycles. The first-order valence-corrected chi connectivity index (χ1v) is 13.8. The van der Waals surface area contributed by atoms with Crippen molar-refractivity contribution in [2.75, 3.05) is 20.1 Å². The normalized spacial score (nSPS) is 18.4. The zero-order chi connectivity index (χ0) is 25.9. The monoisotopic (exact) mass is 536 g/mol. The molecule has 2 aliphatic rings. The van der Waals surface area contributed by atoms with Crippen LogP contribution < -0.4 is 10.6 Å². The molecule has 1 aliphatic carbocycles. The van der Waals surface area contributed by atoms with E-state index in [-0.39, 0.29) is 16.6 Å². The highest BCUT2D eigenvalue weighted by molar-refractivity contribution is 7.87. The van der Waals surface area contributed by atoms with Gasteiger partial charge in [-0.2, -0.15) is 17.0 Å². The Morgan fingerprint density at radius 1 is 1.06 bits per heavy atom. The lowest BCUT2D eigenvalue weighted by atomic mass is 9.95. The highest BCUT2D eigenvalue weighted by atomic mass is 35.5. The third kappa shape index (κ3) is 6.05. The predicted molar refractivity (Wildman–Crippen MR) is 135 cm³/mol. The van der Waals surface area contributed by atoms with Gasteiger partial charge in [0, 0.05) is 36.8 Å². The Morgan fingerprint density at radius 2 is 1.75 bits per heavy atom. The molecule has 1 saturated heterocycles. The maximum atomic E-state index is 14.1. The van der Waals surface area contributed by atoms with Gasteiger partial charge in [-0.05, 0) is 36.6 Å². The molecule has 2 amide bonds. The molecule has 4 rings (SSSR count). The highest BCUT2D eigenvalue weighted by Crippen LogP contribution is 2.30. The van der Waals surface area contributed by atoms with Gasteiger partial charge in [0.15, 0.2) is 0 Å². The van der Waals surface area contributed by atoms with Crippen molar-refractivity contribution in [1.29, 1.82) is 0 Å². The SMILES string of the molecule is CN(C(C(=O)NC(C(=O)NC1CCCCC1)c1ccccc1Cl)c1cccc(F)c1)S(=O)(=O)N1CC1. The van der Waals surface area contributed by atoms with Crippen LogP contribution in [0.2, 0.25) is 5.02 Å². The number of hydrogen-bond acceptors (Lipinski definition) is 4.